The summed E-state index contributed by atoms with van der Waals surface area (Å²) in [7, 11) is 0. The van der Waals surface area contributed by atoms with Gasteiger partial charge in [0.25, 0.3) is 0 Å². The van der Waals surface area contributed by atoms with Gasteiger partial charge in [-0.2, -0.15) is 0 Å². The van der Waals surface area contributed by atoms with Crippen LogP contribution in [0.5, 0.6) is 0 Å². The maximum Gasteiger partial charge on any atom is 0.0202 e. The van der Waals surface area contributed by atoms with Crippen molar-refractivity contribution in [2.75, 3.05) is 4.43 Å². The first-order valence-electron chi connectivity index (χ1n) is 2.86. The number of halogens is 2. The second-order valence-corrected chi connectivity index (χ2v) is 5.02. The Morgan fingerprint density at radius 2 is 1.88 bits per heavy atom. The largest absolute Gasteiger partial charge is 0.0852 e. The average Bonchev–Trinajstić information content (AvgIpc) is 1.65. The van der Waals surface area contributed by atoms with E-state index in [1.54, 1.807) is 0 Å². The summed E-state index contributed by atoms with van der Waals surface area (Å²) in [5.41, 5.74) is 0. The lowest BCUT2D eigenvalue weighted by Crippen LogP contribution is -2.02. The van der Waals surface area contributed by atoms with Crippen molar-refractivity contribution in [2.45, 2.75) is 24.2 Å². The van der Waals surface area contributed by atoms with Crippen LogP contribution in [0.4, 0.5) is 0 Å². The van der Waals surface area contributed by atoms with Gasteiger partial charge in [-0.3, -0.25) is 0 Å². The van der Waals surface area contributed by atoms with Gasteiger partial charge in [-0.25, -0.2) is 0 Å². The van der Waals surface area contributed by atoms with Gasteiger partial charge in [-0.05, 0) is 12.3 Å². The second kappa shape index (κ2) is 5.26. The van der Waals surface area contributed by atoms with Crippen LogP contribution in [0.3, 0.4) is 0 Å². The molecule has 0 nitrogen and oxygen atoms in total. The van der Waals surface area contributed by atoms with E-state index in [1.165, 1.54) is 10.8 Å². The zero-order chi connectivity index (χ0) is 6.57. The molecule has 0 aromatic heterocycles. The number of hydrogen-bond donors (Lipinski definition) is 0. The van der Waals surface area contributed by atoms with Gasteiger partial charge in [-0.1, -0.05) is 59.0 Å². The first-order chi connectivity index (χ1) is 3.66. The molecule has 50 valence electrons. The SMILES string of the molecule is CC(C)CC(I)CI. The minimum Gasteiger partial charge on any atom is -0.0852 e. The van der Waals surface area contributed by atoms with Gasteiger partial charge < -0.3 is 0 Å². The van der Waals surface area contributed by atoms with Crippen molar-refractivity contribution < 1.29 is 0 Å². The number of rotatable bonds is 3. The second-order valence-electron chi connectivity index (χ2n) is 2.38. The Balaban J connectivity index is 3.10. The van der Waals surface area contributed by atoms with Gasteiger partial charge in [0.1, 0.15) is 0 Å². The van der Waals surface area contributed by atoms with E-state index in [0.29, 0.717) is 0 Å². The fourth-order valence-corrected chi connectivity index (χ4v) is 1.95. The average molecular weight is 338 g/mol. The van der Waals surface area contributed by atoms with Crippen molar-refractivity contribution in [1.29, 1.82) is 0 Å². The molecule has 0 aromatic rings. The molecule has 0 heterocycles. The lowest BCUT2D eigenvalue weighted by atomic mass is 10.1. The van der Waals surface area contributed by atoms with Crippen molar-refractivity contribution in [3.05, 3.63) is 0 Å². The standard InChI is InChI=1S/C6H12I2/c1-5(2)3-6(8)4-7/h5-6H,3-4H2,1-2H3. The molecule has 0 radical (unpaired) electrons. The zero-order valence-electron chi connectivity index (χ0n) is 5.32. The van der Waals surface area contributed by atoms with Gasteiger partial charge in [0.15, 0.2) is 0 Å². The van der Waals surface area contributed by atoms with Crippen LogP contribution in [0.1, 0.15) is 20.3 Å². The molecule has 0 aliphatic heterocycles. The van der Waals surface area contributed by atoms with Crippen LogP contribution in [0.15, 0.2) is 0 Å². The van der Waals surface area contributed by atoms with Crippen LogP contribution in [0, 0.1) is 5.92 Å². The summed E-state index contributed by atoms with van der Waals surface area (Å²) in [6.45, 7) is 4.55. The molecule has 0 saturated carbocycles. The Morgan fingerprint density at radius 3 is 2.00 bits per heavy atom. The summed E-state index contributed by atoms with van der Waals surface area (Å²) in [6, 6.07) is 0. The quantitative estimate of drug-likeness (QED) is 0.547. The van der Waals surface area contributed by atoms with E-state index in [-0.39, 0.29) is 0 Å². The number of hydrogen-bond acceptors (Lipinski definition) is 0. The van der Waals surface area contributed by atoms with Gasteiger partial charge in [-0.15, -0.1) is 0 Å². The van der Waals surface area contributed by atoms with Crippen LogP contribution in [0.2, 0.25) is 0 Å². The summed E-state index contributed by atoms with van der Waals surface area (Å²) < 4.78 is 2.17. The Morgan fingerprint density at radius 1 is 1.38 bits per heavy atom. The molecule has 0 rings (SSSR count). The Bertz CT molecular complexity index is 52.5. The molecule has 0 bridgehead atoms. The van der Waals surface area contributed by atoms with Gasteiger partial charge in [0, 0.05) is 8.35 Å². The van der Waals surface area contributed by atoms with Crippen molar-refractivity contribution in [2.24, 2.45) is 5.92 Å². The molecule has 0 fully saturated rings. The van der Waals surface area contributed by atoms with Gasteiger partial charge >= 0.3 is 0 Å². The first kappa shape index (κ1) is 9.46. The third kappa shape index (κ3) is 5.59. The minimum absolute atomic E-state index is 0.867. The predicted molar refractivity (Wildman–Crippen MR) is 56.2 cm³/mol. The zero-order valence-corrected chi connectivity index (χ0v) is 9.64. The molecule has 2 heteroatoms. The van der Waals surface area contributed by atoms with E-state index in [9.17, 15) is 0 Å². The maximum atomic E-state index is 2.51. The first-order valence-corrected chi connectivity index (χ1v) is 5.64. The molecule has 0 aromatic carbocycles. The van der Waals surface area contributed by atoms with E-state index in [2.05, 4.69) is 59.0 Å². The summed E-state index contributed by atoms with van der Waals surface area (Å²) in [5, 5.41) is 0. The highest BCUT2D eigenvalue weighted by Crippen LogP contribution is 2.14. The van der Waals surface area contributed by atoms with E-state index in [0.717, 1.165) is 9.84 Å². The van der Waals surface area contributed by atoms with Crippen LogP contribution < -0.4 is 0 Å². The lowest BCUT2D eigenvalue weighted by molar-refractivity contribution is 0.598. The third-order valence-electron chi connectivity index (χ3n) is 0.895. The fourth-order valence-electron chi connectivity index (χ4n) is 0.575. The van der Waals surface area contributed by atoms with Crippen molar-refractivity contribution >= 4 is 45.2 Å². The van der Waals surface area contributed by atoms with Crippen molar-refractivity contribution in [1.82, 2.24) is 0 Å². The molecule has 1 unspecified atom stereocenters. The van der Waals surface area contributed by atoms with E-state index in [1.807, 2.05) is 0 Å². The third-order valence-corrected chi connectivity index (χ3v) is 4.59. The maximum absolute atomic E-state index is 2.51. The smallest absolute Gasteiger partial charge is 0.0202 e. The van der Waals surface area contributed by atoms with Crippen LogP contribution in [-0.2, 0) is 0 Å². The van der Waals surface area contributed by atoms with E-state index in [4.69, 9.17) is 0 Å². The van der Waals surface area contributed by atoms with Crippen molar-refractivity contribution in [3.63, 3.8) is 0 Å². The minimum atomic E-state index is 0.867. The Labute approximate surface area is 79.1 Å². The lowest BCUT2D eigenvalue weighted by Gasteiger charge is -2.07. The summed E-state index contributed by atoms with van der Waals surface area (Å²) in [5.74, 6) is 0.867. The van der Waals surface area contributed by atoms with Gasteiger partial charge in [0.05, 0.1) is 0 Å². The molecule has 0 spiro atoms. The normalized spacial score (nSPS) is 14.6. The van der Waals surface area contributed by atoms with Crippen LogP contribution >= 0.6 is 45.2 Å². The van der Waals surface area contributed by atoms with Crippen LogP contribution in [0.25, 0.3) is 0 Å². The molecule has 8 heavy (non-hydrogen) atoms. The summed E-state index contributed by atoms with van der Waals surface area (Å²) in [4.78, 5) is 0. The molecule has 0 saturated heterocycles. The molecule has 1 atom stereocenters. The van der Waals surface area contributed by atoms with Gasteiger partial charge in [0.2, 0.25) is 0 Å². The molecule has 0 amide bonds. The predicted octanol–water partition coefficient (Wildman–Crippen LogP) is 3.27. The molecular weight excluding hydrogens is 326 g/mol. The summed E-state index contributed by atoms with van der Waals surface area (Å²) in [6.07, 6.45) is 1.36. The topological polar surface area (TPSA) is 0 Å². The number of alkyl halides is 2. The Kier molecular flexibility index (Phi) is 6.22. The summed E-state index contributed by atoms with van der Waals surface area (Å²) >= 11 is 4.95. The fraction of sp³-hybridized carbons (Fsp3) is 1.00. The molecule has 0 N–H and O–H groups in total. The van der Waals surface area contributed by atoms with E-state index < -0.39 is 0 Å². The van der Waals surface area contributed by atoms with Crippen molar-refractivity contribution in [3.8, 4) is 0 Å². The molecule has 0 aliphatic carbocycles. The molecule has 0 aliphatic rings. The van der Waals surface area contributed by atoms with Crippen LogP contribution in [-0.4, -0.2) is 8.35 Å². The monoisotopic (exact) mass is 338 g/mol. The highest BCUT2D eigenvalue weighted by Gasteiger charge is 2.02. The molecular formula is C6H12I2. The highest BCUT2D eigenvalue weighted by atomic mass is 127. The Hall–Kier alpha value is 1.46. The van der Waals surface area contributed by atoms with E-state index >= 15 is 0 Å². The highest BCUT2D eigenvalue weighted by molar-refractivity contribution is 14.1.